The van der Waals surface area contributed by atoms with E-state index in [1.54, 1.807) is 14.2 Å². The number of ether oxygens (including phenoxy) is 3. The van der Waals surface area contributed by atoms with Crippen molar-refractivity contribution in [2.24, 2.45) is 12.0 Å². The summed E-state index contributed by atoms with van der Waals surface area (Å²) in [7, 11) is 5.06. The highest BCUT2D eigenvalue weighted by atomic mass is 32.1. The molecule has 0 fully saturated rings. The van der Waals surface area contributed by atoms with Gasteiger partial charge < -0.3 is 18.8 Å². The standard InChI is InChI=1S/C19H20N2O4S/c1-21-14-11-15(23-2)16(24-3)12-17(14)26-19(21)20-18(22)9-10-25-13-7-5-4-6-8-13/h4-8,11-12H,9-10H2,1-3H3. The number of hydrogen-bond acceptors (Lipinski definition) is 5. The van der Waals surface area contributed by atoms with Crippen molar-refractivity contribution in [2.75, 3.05) is 20.8 Å². The molecule has 136 valence electrons. The van der Waals surface area contributed by atoms with E-state index in [1.807, 2.05) is 54.1 Å². The maximum atomic E-state index is 12.2. The number of fused-ring (bicyclic) bond motifs is 1. The van der Waals surface area contributed by atoms with Gasteiger partial charge in [-0.2, -0.15) is 4.99 Å². The second-order valence-electron chi connectivity index (χ2n) is 5.54. The van der Waals surface area contributed by atoms with Crippen LogP contribution in [-0.4, -0.2) is 31.3 Å². The molecule has 2 aromatic carbocycles. The van der Waals surface area contributed by atoms with Crippen LogP contribution in [0, 0.1) is 0 Å². The van der Waals surface area contributed by atoms with Crippen LogP contribution in [0.15, 0.2) is 47.5 Å². The Morgan fingerprint density at radius 1 is 1.12 bits per heavy atom. The second-order valence-corrected chi connectivity index (χ2v) is 6.54. The maximum Gasteiger partial charge on any atom is 0.251 e. The van der Waals surface area contributed by atoms with Gasteiger partial charge in [-0.25, -0.2) is 0 Å². The lowest BCUT2D eigenvalue weighted by molar-refractivity contribution is -0.118. The topological polar surface area (TPSA) is 62.0 Å². The van der Waals surface area contributed by atoms with Crippen LogP contribution < -0.4 is 19.0 Å². The predicted octanol–water partition coefficient (Wildman–Crippen LogP) is 3.15. The van der Waals surface area contributed by atoms with Crippen LogP contribution >= 0.6 is 11.3 Å². The largest absolute Gasteiger partial charge is 0.493 e. The number of amides is 1. The van der Waals surface area contributed by atoms with E-state index in [0.29, 0.717) is 22.9 Å². The van der Waals surface area contributed by atoms with Crippen LogP contribution in [0.2, 0.25) is 0 Å². The molecular weight excluding hydrogens is 352 g/mol. The average Bonchev–Trinajstić information content (AvgIpc) is 2.96. The number of carbonyl (C=O) groups excluding carboxylic acids is 1. The molecule has 0 spiro atoms. The number of carbonyl (C=O) groups is 1. The molecule has 0 N–H and O–H groups in total. The van der Waals surface area contributed by atoms with Crippen LogP contribution in [0.3, 0.4) is 0 Å². The fraction of sp³-hybridized carbons (Fsp3) is 0.263. The number of thiazole rings is 1. The van der Waals surface area contributed by atoms with Gasteiger partial charge in [0.05, 0.1) is 37.5 Å². The van der Waals surface area contributed by atoms with Gasteiger partial charge in [0.2, 0.25) is 0 Å². The SMILES string of the molecule is COc1cc2sc(=NC(=O)CCOc3ccccc3)n(C)c2cc1OC. The fourth-order valence-electron chi connectivity index (χ4n) is 2.50. The number of aromatic nitrogens is 1. The Bertz CT molecular complexity index is 976. The lowest BCUT2D eigenvalue weighted by Crippen LogP contribution is -2.14. The number of hydrogen-bond donors (Lipinski definition) is 0. The molecule has 26 heavy (non-hydrogen) atoms. The van der Waals surface area contributed by atoms with Crippen LogP contribution in [0.1, 0.15) is 6.42 Å². The minimum atomic E-state index is -0.220. The van der Waals surface area contributed by atoms with E-state index in [-0.39, 0.29) is 12.3 Å². The Labute approximate surface area is 155 Å². The molecule has 7 heteroatoms. The first-order chi connectivity index (χ1) is 12.6. The minimum Gasteiger partial charge on any atom is -0.493 e. The molecule has 0 aliphatic heterocycles. The predicted molar refractivity (Wildman–Crippen MR) is 101 cm³/mol. The Morgan fingerprint density at radius 2 is 1.81 bits per heavy atom. The van der Waals surface area contributed by atoms with Crippen LogP contribution in [0.4, 0.5) is 0 Å². The maximum absolute atomic E-state index is 12.2. The summed E-state index contributed by atoms with van der Waals surface area (Å²) in [6, 6.07) is 13.2. The Balaban J connectivity index is 1.78. The Hall–Kier alpha value is -2.80. The van der Waals surface area contributed by atoms with E-state index in [9.17, 15) is 4.79 Å². The van der Waals surface area contributed by atoms with E-state index < -0.39 is 0 Å². The molecule has 1 aromatic heterocycles. The van der Waals surface area contributed by atoms with E-state index in [4.69, 9.17) is 14.2 Å². The zero-order valence-corrected chi connectivity index (χ0v) is 15.7. The lowest BCUT2D eigenvalue weighted by Gasteiger charge is -2.07. The Morgan fingerprint density at radius 3 is 2.50 bits per heavy atom. The smallest absolute Gasteiger partial charge is 0.251 e. The molecular formula is C19H20N2O4S. The Kier molecular flexibility index (Phi) is 5.58. The number of para-hydroxylation sites is 1. The summed E-state index contributed by atoms with van der Waals surface area (Å²) in [4.78, 5) is 17.0. The molecule has 0 saturated heterocycles. The third-order valence-electron chi connectivity index (χ3n) is 3.86. The van der Waals surface area contributed by atoms with Gasteiger partial charge in [0, 0.05) is 19.2 Å². The normalized spacial score (nSPS) is 11.6. The van der Waals surface area contributed by atoms with Gasteiger partial charge >= 0.3 is 0 Å². The quantitative estimate of drug-likeness (QED) is 0.667. The summed E-state index contributed by atoms with van der Waals surface area (Å²) < 4.78 is 19.1. The summed E-state index contributed by atoms with van der Waals surface area (Å²) in [5.41, 5.74) is 0.930. The molecule has 0 aliphatic carbocycles. The first kappa shape index (κ1) is 18.0. The van der Waals surface area contributed by atoms with Gasteiger partial charge in [-0.1, -0.05) is 29.5 Å². The molecule has 0 aliphatic rings. The summed E-state index contributed by atoms with van der Waals surface area (Å²) in [5, 5.41) is 0. The number of methoxy groups -OCH3 is 2. The van der Waals surface area contributed by atoms with E-state index in [2.05, 4.69) is 4.99 Å². The molecule has 0 unspecified atom stereocenters. The van der Waals surface area contributed by atoms with Gasteiger partial charge in [-0.3, -0.25) is 4.79 Å². The first-order valence-corrected chi connectivity index (χ1v) is 8.91. The van der Waals surface area contributed by atoms with Gasteiger partial charge in [-0.15, -0.1) is 0 Å². The van der Waals surface area contributed by atoms with Crippen LogP contribution in [0.25, 0.3) is 10.2 Å². The third kappa shape index (κ3) is 3.88. The molecule has 6 nitrogen and oxygen atoms in total. The molecule has 3 rings (SSSR count). The zero-order valence-electron chi connectivity index (χ0n) is 14.9. The summed E-state index contributed by atoms with van der Waals surface area (Å²) in [6.07, 6.45) is 0.218. The van der Waals surface area contributed by atoms with Crippen LogP contribution in [-0.2, 0) is 11.8 Å². The van der Waals surface area contributed by atoms with Gasteiger partial charge in [0.1, 0.15) is 5.75 Å². The van der Waals surface area contributed by atoms with Crippen LogP contribution in [0.5, 0.6) is 17.2 Å². The summed E-state index contributed by atoms with van der Waals surface area (Å²) in [5.74, 6) is 1.81. The van der Waals surface area contributed by atoms with Crippen molar-refractivity contribution in [3.63, 3.8) is 0 Å². The van der Waals surface area contributed by atoms with Gasteiger partial charge in [-0.05, 0) is 12.1 Å². The van der Waals surface area contributed by atoms with Gasteiger partial charge in [0.25, 0.3) is 5.91 Å². The molecule has 0 radical (unpaired) electrons. The summed E-state index contributed by atoms with van der Waals surface area (Å²) >= 11 is 1.43. The molecule has 0 atom stereocenters. The van der Waals surface area contributed by atoms with E-state index >= 15 is 0 Å². The monoisotopic (exact) mass is 372 g/mol. The van der Waals surface area contributed by atoms with E-state index in [1.165, 1.54) is 11.3 Å². The van der Waals surface area contributed by atoms with E-state index in [0.717, 1.165) is 16.0 Å². The third-order valence-corrected chi connectivity index (χ3v) is 4.96. The van der Waals surface area contributed by atoms with Crippen molar-refractivity contribution < 1.29 is 19.0 Å². The molecule has 3 aromatic rings. The van der Waals surface area contributed by atoms with Gasteiger partial charge in [0.15, 0.2) is 16.3 Å². The highest BCUT2D eigenvalue weighted by Crippen LogP contribution is 2.32. The molecule has 1 amide bonds. The fourth-order valence-corrected chi connectivity index (χ4v) is 3.54. The van der Waals surface area contributed by atoms with Crippen molar-refractivity contribution in [1.82, 2.24) is 4.57 Å². The van der Waals surface area contributed by atoms with Crippen molar-refractivity contribution >= 4 is 27.5 Å². The zero-order chi connectivity index (χ0) is 18.5. The second kappa shape index (κ2) is 8.05. The number of nitrogens with zero attached hydrogens (tertiary/aromatic N) is 2. The molecule has 1 heterocycles. The van der Waals surface area contributed by atoms with Crippen molar-refractivity contribution in [3.8, 4) is 17.2 Å². The van der Waals surface area contributed by atoms with Crippen molar-refractivity contribution in [1.29, 1.82) is 0 Å². The highest BCUT2D eigenvalue weighted by molar-refractivity contribution is 7.16. The first-order valence-electron chi connectivity index (χ1n) is 8.09. The molecule has 0 saturated carbocycles. The minimum absolute atomic E-state index is 0.218. The number of aryl methyl sites for hydroxylation is 1. The summed E-state index contributed by atoms with van der Waals surface area (Å²) in [6.45, 7) is 0.294. The average molecular weight is 372 g/mol. The van der Waals surface area contributed by atoms with Crippen molar-refractivity contribution in [3.05, 3.63) is 47.3 Å². The number of rotatable bonds is 6. The number of benzene rings is 2. The highest BCUT2D eigenvalue weighted by Gasteiger charge is 2.11. The lowest BCUT2D eigenvalue weighted by atomic mass is 10.3. The molecule has 0 bridgehead atoms. The van der Waals surface area contributed by atoms with Crippen molar-refractivity contribution in [2.45, 2.75) is 6.42 Å².